The summed E-state index contributed by atoms with van der Waals surface area (Å²) in [7, 11) is 0. The summed E-state index contributed by atoms with van der Waals surface area (Å²) < 4.78 is 37.0. The van der Waals surface area contributed by atoms with Crippen LogP contribution in [0.25, 0.3) is 0 Å². The molecule has 0 spiro atoms. The van der Waals surface area contributed by atoms with E-state index in [1.165, 1.54) is 0 Å². The van der Waals surface area contributed by atoms with Crippen molar-refractivity contribution >= 4 is 5.91 Å². The van der Waals surface area contributed by atoms with Crippen molar-refractivity contribution in [2.45, 2.75) is 12.2 Å². The highest BCUT2D eigenvalue weighted by Crippen LogP contribution is 2.19. The number of nitrogens with two attached hydrogens (primary N) is 1. The molecule has 7 heteroatoms. The first-order valence-corrected chi connectivity index (χ1v) is 5.62. The van der Waals surface area contributed by atoms with Gasteiger partial charge in [0.05, 0.1) is 6.61 Å². The number of hydrogen-bond acceptors (Lipinski definition) is 3. The van der Waals surface area contributed by atoms with E-state index >= 15 is 0 Å². The lowest BCUT2D eigenvalue weighted by Gasteiger charge is -2.26. The highest BCUT2D eigenvalue weighted by Gasteiger charge is 2.34. The third-order valence-corrected chi connectivity index (χ3v) is 2.48. The number of carbonyl (C=O) groups is 1. The van der Waals surface area contributed by atoms with Gasteiger partial charge in [0.2, 0.25) is 5.91 Å². The Morgan fingerprint density at radius 1 is 1.32 bits per heavy atom. The van der Waals surface area contributed by atoms with Crippen LogP contribution >= 0.6 is 0 Å². The molecule has 0 saturated heterocycles. The number of rotatable bonds is 5. The second-order valence-electron chi connectivity index (χ2n) is 3.99. The average Bonchev–Trinajstić information content (AvgIpc) is 2.36. The van der Waals surface area contributed by atoms with Crippen LogP contribution in [0.2, 0.25) is 0 Å². The maximum atomic E-state index is 12.3. The maximum absolute atomic E-state index is 12.3. The lowest BCUT2D eigenvalue weighted by atomic mass is 10.1. The number of aliphatic hydroxyl groups excluding tert-OH is 1. The van der Waals surface area contributed by atoms with Gasteiger partial charge in [0.25, 0.3) is 0 Å². The van der Waals surface area contributed by atoms with Gasteiger partial charge in [-0.25, -0.2) is 0 Å². The summed E-state index contributed by atoms with van der Waals surface area (Å²) in [4.78, 5) is 12.4. The summed E-state index contributed by atoms with van der Waals surface area (Å²) in [5, 5.41) is 8.73. The molecule has 0 saturated carbocycles. The van der Waals surface area contributed by atoms with E-state index < -0.39 is 37.8 Å². The zero-order valence-corrected chi connectivity index (χ0v) is 10.1. The number of aliphatic hydroxyl groups is 1. The Hall–Kier alpha value is -1.60. The van der Waals surface area contributed by atoms with E-state index in [0.29, 0.717) is 10.5 Å². The molecule has 106 valence electrons. The van der Waals surface area contributed by atoms with E-state index in [0.717, 1.165) is 0 Å². The van der Waals surface area contributed by atoms with Crippen molar-refractivity contribution in [3.8, 4) is 0 Å². The lowest BCUT2D eigenvalue weighted by molar-refractivity contribution is -0.162. The topological polar surface area (TPSA) is 66.6 Å². The highest BCUT2D eigenvalue weighted by molar-refractivity contribution is 5.83. The first kappa shape index (κ1) is 15.5. The number of amides is 1. The van der Waals surface area contributed by atoms with E-state index in [9.17, 15) is 18.0 Å². The van der Waals surface area contributed by atoms with E-state index in [1.54, 1.807) is 30.3 Å². The fourth-order valence-electron chi connectivity index (χ4n) is 1.60. The summed E-state index contributed by atoms with van der Waals surface area (Å²) in [5.74, 6) is -0.863. The largest absolute Gasteiger partial charge is 0.406 e. The number of hydrogen-bond donors (Lipinski definition) is 2. The summed E-state index contributed by atoms with van der Waals surface area (Å²) in [6, 6.07) is 6.95. The molecule has 0 bridgehead atoms. The lowest BCUT2D eigenvalue weighted by Crippen LogP contribution is -2.44. The van der Waals surface area contributed by atoms with Gasteiger partial charge in [-0.2, -0.15) is 13.2 Å². The van der Waals surface area contributed by atoms with Crippen LogP contribution in [-0.2, 0) is 4.79 Å². The summed E-state index contributed by atoms with van der Waals surface area (Å²) >= 11 is 0. The van der Waals surface area contributed by atoms with Crippen LogP contribution < -0.4 is 5.73 Å². The molecule has 0 heterocycles. The van der Waals surface area contributed by atoms with E-state index in [-0.39, 0.29) is 0 Å². The van der Waals surface area contributed by atoms with E-state index in [1.807, 2.05) is 0 Å². The molecule has 0 aliphatic carbocycles. The fraction of sp³-hybridized carbons (Fsp3) is 0.417. The molecule has 1 aromatic carbocycles. The van der Waals surface area contributed by atoms with Crippen LogP contribution in [0.5, 0.6) is 0 Å². The van der Waals surface area contributed by atoms with Crippen molar-refractivity contribution in [2.75, 3.05) is 19.7 Å². The zero-order chi connectivity index (χ0) is 14.5. The second kappa shape index (κ2) is 6.53. The van der Waals surface area contributed by atoms with Crippen molar-refractivity contribution in [3.63, 3.8) is 0 Å². The normalized spacial score (nSPS) is 13.1. The molecule has 1 aromatic rings. The Morgan fingerprint density at radius 2 is 1.89 bits per heavy atom. The molecule has 1 atom stereocenters. The van der Waals surface area contributed by atoms with Gasteiger partial charge in [-0.1, -0.05) is 30.3 Å². The Balaban J connectivity index is 2.82. The summed E-state index contributed by atoms with van der Waals surface area (Å²) in [5.41, 5.74) is 6.08. The molecule has 0 aromatic heterocycles. The molecule has 0 radical (unpaired) electrons. The molecule has 0 aliphatic heterocycles. The molecule has 4 nitrogen and oxygen atoms in total. The van der Waals surface area contributed by atoms with Crippen molar-refractivity contribution < 1.29 is 23.1 Å². The molecule has 0 unspecified atom stereocenters. The van der Waals surface area contributed by atoms with Crippen molar-refractivity contribution in [3.05, 3.63) is 35.9 Å². The molecular formula is C12H15F3N2O2. The minimum Gasteiger partial charge on any atom is -0.395 e. The summed E-state index contributed by atoms with van der Waals surface area (Å²) in [6.07, 6.45) is -4.53. The predicted molar refractivity (Wildman–Crippen MR) is 63.1 cm³/mol. The summed E-state index contributed by atoms with van der Waals surface area (Å²) in [6.45, 7) is -2.38. The molecule has 3 N–H and O–H groups in total. The van der Waals surface area contributed by atoms with Gasteiger partial charge in [0.15, 0.2) is 0 Å². The Morgan fingerprint density at radius 3 is 2.37 bits per heavy atom. The van der Waals surface area contributed by atoms with Crippen molar-refractivity contribution in [2.24, 2.45) is 5.73 Å². The van der Waals surface area contributed by atoms with Gasteiger partial charge in [-0.15, -0.1) is 0 Å². The smallest absolute Gasteiger partial charge is 0.395 e. The quantitative estimate of drug-likeness (QED) is 0.845. The predicted octanol–water partition coefficient (Wildman–Crippen LogP) is 1.07. The molecule has 0 fully saturated rings. The number of nitrogens with zero attached hydrogens (tertiary/aromatic N) is 1. The minimum absolute atomic E-state index is 0.404. The number of alkyl halides is 3. The third kappa shape index (κ3) is 4.88. The maximum Gasteiger partial charge on any atom is 0.406 e. The Bertz CT molecular complexity index is 409. The number of halogens is 3. The van der Waals surface area contributed by atoms with Gasteiger partial charge in [0, 0.05) is 6.54 Å². The van der Waals surface area contributed by atoms with E-state index in [2.05, 4.69) is 0 Å². The fourth-order valence-corrected chi connectivity index (χ4v) is 1.60. The molecular weight excluding hydrogens is 261 g/mol. The van der Waals surface area contributed by atoms with Crippen LogP contribution in [0.1, 0.15) is 11.6 Å². The Kier molecular flexibility index (Phi) is 5.31. The van der Waals surface area contributed by atoms with Gasteiger partial charge in [0.1, 0.15) is 12.6 Å². The zero-order valence-electron chi connectivity index (χ0n) is 10.1. The number of carbonyl (C=O) groups excluding carboxylic acids is 1. The average molecular weight is 276 g/mol. The first-order chi connectivity index (χ1) is 8.85. The van der Waals surface area contributed by atoms with Crippen LogP contribution in [-0.4, -0.2) is 41.8 Å². The highest BCUT2D eigenvalue weighted by atomic mass is 19.4. The van der Waals surface area contributed by atoms with Gasteiger partial charge in [-0.05, 0) is 5.56 Å². The standard InChI is InChI=1S/C12H15F3N2O2/c13-12(14,15)8-17(6-7-18)11(19)10(16)9-4-2-1-3-5-9/h1-5,10,18H,6-8,16H2/t10-/m1/s1. The SMILES string of the molecule is N[C@@H](C(=O)N(CCO)CC(F)(F)F)c1ccccc1. The first-order valence-electron chi connectivity index (χ1n) is 5.62. The molecule has 1 amide bonds. The van der Waals surface area contributed by atoms with Gasteiger partial charge in [-0.3, -0.25) is 4.79 Å². The minimum atomic E-state index is -4.53. The van der Waals surface area contributed by atoms with Crippen LogP contribution in [0.15, 0.2) is 30.3 Å². The Labute approximate surface area is 108 Å². The monoisotopic (exact) mass is 276 g/mol. The number of benzene rings is 1. The van der Waals surface area contributed by atoms with E-state index in [4.69, 9.17) is 10.8 Å². The van der Waals surface area contributed by atoms with Crippen LogP contribution in [0, 0.1) is 0 Å². The van der Waals surface area contributed by atoms with Crippen molar-refractivity contribution in [1.82, 2.24) is 4.90 Å². The van der Waals surface area contributed by atoms with Crippen LogP contribution in [0.3, 0.4) is 0 Å². The molecule has 1 rings (SSSR count). The third-order valence-electron chi connectivity index (χ3n) is 2.48. The van der Waals surface area contributed by atoms with Gasteiger partial charge >= 0.3 is 6.18 Å². The second-order valence-corrected chi connectivity index (χ2v) is 3.99. The molecule has 0 aliphatic rings. The van der Waals surface area contributed by atoms with Gasteiger partial charge < -0.3 is 15.7 Å². The van der Waals surface area contributed by atoms with Crippen LogP contribution in [0.4, 0.5) is 13.2 Å². The molecule has 19 heavy (non-hydrogen) atoms. The van der Waals surface area contributed by atoms with Crippen molar-refractivity contribution in [1.29, 1.82) is 0 Å².